The highest BCUT2D eigenvalue weighted by Crippen LogP contribution is 2.38. The molecule has 0 saturated carbocycles. The number of anilines is 1. The van der Waals surface area contributed by atoms with Gasteiger partial charge in [0, 0.05) is 6.07 Å². The molecular weight excluding hydrogens is 422 g/mol. The third-order valence-electron chi connectivity index (χ3n) is 3.27. The maximum Gasteiger partial charge on any atom is 0.295 e. The minimum Gasteiger partial charge on any atom is -0.508 e. The van der Waals surface area contributed by atoms with Crippen molar-refractivity contribution >= 4 is 58.0 Å². The van der Waals surface area contributed by atoms with Gasteiger partial charge in [0.05, 0.1) is 16.4 Å². The fourth-order valence-electron chi connectivity index (χ4n) is 2.12. The van der Waals surface area contributed by atoms with Crippen LogP contribution in [0.3, 0.4) is 0 Å². The van der Waals surface area contributed by atoms with Crippen molar-refractivity contribution < 1.29 is 9.90 Å². The standard InChI is InChI=1S/C16H10Cl4N4O2/c17-11-8-10(25)6-7-12(11)21-14(26)13-22-15(16(18,19)20)24(23-13)9-4-2-1-3-5-9/h1-8,25H,(H,21,26). The number of hydrogen-bond donors (Lipinski definition) is 2. The van der Waals surface area contributed by atoms with Crippen molar-refractivity contribution in [2.75, 3.05) is 5.32 Å². The Balaban J connectivity index is 1.98. The fraction of sp³-hybridized carbons (Fsp3) is 0.0625. The lowest BCUT2D eigenvalue weighted by atomic mass is 10.3. The van der Waals surface area contributed by atoms with Crippen molar-refractivity contribution in [2.24, 2.45) is 0 Å². The number of rotatable bonds is 3. The quantitative estimate of drug-likeness (QED) is 0.465. The Morgan fingerprint density at radius 3 is 2.42 bits per heavy atom. The highest BCUT2D eigenvalue weighted by atomic mass is 35.6. The predicted molar refractivity (Wildman–Crippen MR) is 102 cm³/mol. The molecule has 3 aromatic rings. The van der Waals surface area contributed by atoms with Crippen LogP contribution in [-0.2, 0) is 3.79 Å². The Labute approximate surface area is 168 Å². The number of nitrogens with one attached hydrogen (secondary N) is 1. The lowest BCUT2D eigenvalue weighted by molar-refractivity contribution is 0.101. The third-order valence-corrected chi connectivity index (χ3v) is 4.09. The number of nitrogens with zero attached hydrogens (tertiary/aromatic N) is 3. The van der Waals surface area contributed by atoms with E-state index < -0.39 is 9.70 Å². The van der Waals surface area contributed by atoms with Gasteiger partial charge in [0.25, 0.3) is 5.91 Å². The lowest BCUT2D eigenvalue weighted by Crippen LogP contribution is -2.14. The summed E-state index contributed by atoms with van der Waals surface area (Å²) < 4.78 is -0.613. The predicted octanol–water partition coefficient (Wildman–Crippen LogP) is 4.71. The number of benzene rings is 2. The first-order valence-corrected chi connectivity index (χ1v) is 8.66. The molecule has 0 spiro atoms. The van der Waals surface area contributed by atoms with Gasteiger partial charge in [-0.1, -0.05) is 64.6 Å². The molecule has 1 aromatic heterocycles. The number of halogens is 4. The Morgan fingerprint density at radius 2 is 1.81 bits per heavy atom. The van der Waals surface area contributed by atoms with Crippen LogP contribution in [0, 0.1) is 0 Å². The van der Waals surface area contributed by atoms with Crippen LogP contribution in [0.2, 0.25) is 5.02 Å². The van der Waals surface area contributed by atoms with Gasteiger partial charge in [-0.15, -0.1) is 5.10 Å². The van der Waals surface area contributed by atoms with E-state index in [1.54, 1.807) is 24.3 Å². The summed E-state index contributed by atoms with van der Waals surface area (Å²) in [7, 11) is 0. The van der Waals surface area contributed by atoms with Crippen LogP contribution in [0.5, 0.6) is 5.75 Å². The van der Waals surface area contributed by atoms with Crippen LogP contribution < -0.4 is 5.32 Å². The molecule has 0 unspecified atom stereocenters. The second-order valence-electron chi connectivity index (χ2n) is 5.12. The van der Waals surface area contributed by atoms with Crippen molar-refractivity contribution in [1.82, 2.24) is 14.8 Å². The van der Waals surface area contributed by atoms with Gasteiger partial charge < -0.3 is 10.4 Å². The van der Waals surface area contributed by atoms with Gasteiger partial charge in [-0.3, -0.25) is 4.79 Å². The van der Waals surface area contributed by atoms with Crippen LogP contribution in [-0.4, -0.2) is 25.8 Å². The Bertz CT molecular complexity index is 955. The van der Waals surface area contributed by atoms with E-state index in [2.05, 4.69) is 15.4 Å². The van der Waals surface area contributed by atoms with Crippen LogP contribution in [0.25, 0.3) is 5.69 Å². The van der Waals surface area contributed by atoms with Gasteiger partial charge in [0.1, 0.15) is 5.75 Å². The Hall–Kier alpha value is -1.99. The van der Waals surface area contributed by atoms with E-state index in [1.807, 2.05) is 6.07 Å². The smallest absolute Gasteiger partial charge is 0.295 e. The van der Waals surface area contributed by atoms with Crippen LogP contribution >= 0.6 is 46.4 Å². The first-order chi connectivity index (χ1) is 12.3. The molecule has 134 valence electrons. The van der Waals surface area contributed by atoms with Crippen LogP contribution in [0.1, 0.15) is 16.4 Å². The van der Waals surface area contributed by atoms with E-state index in [1.165, 1.54) is 22.9 Å². The van der Waals surface area contributed by atoms with Crippen molar-refractivity contribution in [2.45, 2.75) is 3.79 Å². The van der Waals surface area contributed by atoms with E-state index in [0.29, 0.717) is 5.69 Å². The molecule has 0 saturated heterocycles. The third kappa shape index (κ3) is 4.04. The molecule has 0 atom stereocenters. The molecule has 0 aliphatic heterocycles. The molecule has 1 amide bonds. The van der Waals surface area contributed by atoms with E-state index >= 15 is 0 Å². The summed E-state index contributed by atoms with van der Waals surface area (Å²) in [5.74, 6) is -0.921. The van der Waals surface area contributed by atoms with Gasteiger partial charge in [-0.05, 0) is 24.3 Å². The van der Waals surface area contributed by atoms with E-state index in [0.717, 1.165) is 0 Å². The zero-order valence-electron chi connectivity index (χ0n) is 12.8. The molecule has 0 aliphatic carbocycles. The average Bonchev–Trinajstić information content (AvgIpc) is 3.04. The number of aromatic hydroxyl groups is 1. The minimum atomic E-state index is -1.89. The van der Waals surface area contributed by atoms with E-state index in [4.69, 9.17) is 46.4 Å². The number of hydrogen-bond acceptors (Lipinski definition) is 4. The molecule has 3 rings (SSSR count). The summed E-state index contributed by atoms with van der Waals surface area (Å²) in [5, 5.41) is 16.2. The van der Waals surface area contributed by atoms with Crippen molar-refractivity contribution in [3.63, 3.8) is 0 Å². The Morgan fingerprint density at radius 1 is 1.12 bits per heavy atom. The normalized spacial score (nSPS) is 11.4. The van der Waals surface area contributed by atoms with Crippen molar-refractivity contribution in [3.8, 4) is 11.4 Å². The van der Waals surface area contributed by atoms with E-state index in [9.17, 15) is 9.90 Å². The summed E-state index contributed by atoms with van der Waals surface area (Å²) in [6, 6.07) is 12.9. The molecule has 10 heteroatoms. The number of phenols is 1. The van der Waals surface area contributed by atoms with Crippen LogP contribution in [0.15, 0.2) is 48.5 Å². The summed E-state index contributed by atoms with van der Waals surface area (Å²) in [5.41, 5.74) is 0.851. The molecule has 26 heavy (non-hydrogen) atoms. The summed E-state index contributed by atoms with van der Waals surface area (Å²) in [6.45, 7) is 0. The van der Waals surface area contributed by atoms with Gasteiger partial charge in [0.15, 0.2) is 5.82 Å². The van der Waals surface area contributed by atoms with E-state index in [-0.39, 0.29) is 28.1 Å². The fourth-order valence-corrected chi connectivity index (χ4v) is 2.71. The first kappa shape index (κ1) is 18.8. The number of phenolic OH excluding ortho intramolecular Hbond substituents is 1. The summed E-state index contributed by atoms with van der Waals surface area (Å²) in [4.78, 5) is 16.5. The van der Waals surface area contributed by atoms with Gasteiger partial charge >= 0.3 is 0 Å². The molecule has 0 bridgehead atoms. The number of alkyl halides is 3. The summed E-state index contributed by atoms with van der Waals surface area (Å²) in [6.07, 6.45) is 0. The molecule has 0 radical (unpaired) electrons. The maximum atomic E-state index is 12.5. The second kappa shape index (κ2) is 7.32. The van der Waals surface area contributed by atoms with Crippen molar-refractivity contribution in [3.05, 3.63) is 65.2 Å². The highest BCUT2D eigenvalue weighted by Gasteiger charge is 2.32. The lowest BCUT2D eigenvalue weighted by Gasteiger charge is -2.11. The molecule has 0 aliphatic rings. The van der Waals surface area contributed by atoms with Crippen molar-refractivity contribution in [1.29, 1.82) is 0 Å². The SMILES string of the molecule is O=C(Nc1ccc(O)cc1Cl)c1nc(C(Cl)(Cl)Cl)n(-c2ccccc2)n1. The minimum absolute atomic E-state index is 0.0297. The molecule has 2 aromatic carbocycles. The zero-order valence-corrected chi connectivity index (χ0v) is 15.9. The largest absolute Gasteiger partial charge is 0.508 e. The number of para-hydroxylation sites is 1. The molecule has 1 heterocycles. The number of aromatic nitrogens is 3. The monoisotopic (exact) mass is 430 g/mol. The molecular formula is C16H10Cl4N4O2. The van der Waals surface area contributed by atoms with Crippen LogP contribution in [0.4, 0.5) is 5.69 Å². The topological polar surface area (TPSA) is 80.0 Å². The van der Waals surface area contributed by atoms with Gasteiger partial charge in [-0.2, -0.15) is 0 Å². The maximum absolute atomic E-state index is 12.5. The van der Waals surface area contributed by atoms with Gasteiger partial charge in [-0.25, -0.2) is 9.67 Å². The average molecular weight is 432 g/mol. The Kier molecular flexibility index (Phi) is 5.29. The number of carbonyl (C=O) groups is 1. The summed E-state index contributed by atoms with van der Waals surface area (Å²) >= 11 is 23.9. The number of carbonyl (C=O) groups excluding carboxylic acids is 1. The molecule has 2 N–H and O–H groups in total. The second-order valence-corrected chi connectivity index (χ2v) is 7.81. The first-order valence-electron chi connectivity index (χ1n) is 7.15. The van der Waals surface area contributed by atoms with Gasteiger partial charge in [0.2, 0.25) is 9.62 Å². The zero-order chi connectivity index (χ0) is 18.9. The molecule has 6 nitrogen and oxygen atoms in total. The number of amides is 1. The molecule has 0 fully saturated rings. The highest BCUT2D eigenvalue weighted by molar-refractivity contribution is 6.66.